The Hall–Kier alpha value is -1.38. The molecule has 148 valence electrons. The first-order valence-electron chi connectivity index (χ1n) is 10.4. The Labute approximate surface area is 159 Å². The fraction of sp³-hybridized carbons (Fsp3) is 0.739. The molecule has 1 aromatic carbocycles. The number of phenolic OH excluding ortho intramolecular Hbond substituents is 3. The van der Waals surface area contributed by atoms with Crippen molar-refractivity contribution in [2.45, 2.75) is 98.3 Å². The van der Waals surface area contributed by atoms with Crippen molar-refractivity contribution in [3.63, 3.8) is 0 Å². The quantitative estimate of drug-likeness (QED) is 0.330. The van der Waals surface area contributed by atoms with Gasteiger partial charge in [0, 0.05) is 5.56 Å². The maximum absolute atomic E-state index is 10.3. The van der Waals surface area contributed by atoms with Crippen LogP contribution in [0.5, 0.6) is 17.2 Å². The van der Waals surface area contributed by atoms with Gasteiger partial charge in [0.15, 0.2) is 11.5 Å². The summed E-state index contributed by atoms with van der Waals surface area (Å²) in [6.07, 6.45) is 12.4. The lowest BCUT2D eigenvalue weighted by atomic mass is 9.88. The molecule has 0 radical (unpaired) electrons. The Morgan fingerprint density at radius 3 is 2.15 bits per heavy atom. The summed E-state index contributed by atoms with van der Waals surface area (Å²) in [5, 5.41) is 30.1. The van der Waals surface area contributed by atoms with Crippen LogP contribution >= 0.6 is 0 Å². The molecule has 1 aliphatic carbocycles. The normalized spacial score (nSPS) is 16.0. The van der Waals surface area contributed by atoms with Gasteiger partial charge in [0.25, 0.3) is 0 Å². The zero-order chi connectivity index (χ0) is 19.4. The van der Waals surface area contributed by atoms with Gasteiger partial charge in [-0.05, 0) is 73.8 Å². The molecule has 1 aromatic rings. The average Bonchev–Trinajstić information content (AvgIpc) is 3.28. The summed E-state index contributed by atoms with van der Waals surface area (Å²) >= 11 is 0. The highest BCUT2D eigenvalue weighted by molar-refractivity contribution is 5.57. The number of hydrogen-bond donors (Lipinski definition) is 3. The summed E-state index contributed by atoms with van der Waals surface area (Å²) in [6.45, 7) is 9.10. The number of aromatic hydroxyl groups is 3. The van der Waals surface area contributed by atoms with Crippen LogP contribution < -0.4 is 0 Å². The summed E-state index contributed by atoms with van der Waals surface area (Å²) in [7, 11) is 0. The molecule has 0 aromatic heterocycles. The van der Waals surface area contributed by atoms with E-state index < -0.39 is 0 Å². The Morgan fingerprint density at radius 1 is 0.885 bits per heavy atom. The molecule has 2 rings (SSSR count). The Balaban J connectivity index is 1.90. The molecule has 3 N–H and O–H groups in total. The third-order valence-corrected chi connectivity index (χ3v) is 5.88. The van der Waals surface area contributed by atoms with E-state index in [9.17, 15) is 15.3 Å². The third kappa shape index (κ3) is 6.41. The molecule has 0 bridgehead atoms. The molecule has 1 aliphatic rings. The van der Waals surface area contributed by atoms with Crippen LogP contribution in [-0.4, -0.2) is 15.3 Å². The van der Waals surface area contributed by atoms with Gasteiger partial charge in [-0.25, -0.2) is 0 Å². The Kier molecular flexibility index (Phi) is 6.87. The third-order valence-electron chi connectivity index (χ3n) is 5.88. The van der Waals surface area contributed by atoms with Gasteiger partial charge in [0.2, 0.25) is 5.75 Å². The van der Waals surface area contributed by atoms with E-state index in [0.717, 1.165) is 49.7 Å². The van der Waals surface area contributed by atoms with E-state index in [1.54, 1.807) is 6.07 Å². The van der Waals surface area contributed by atoms with E-state index in [1.165, 1.54) is 32.1 Å². The number of unbranched alkanes of at least 4 members (excludes halogenated alkanes) is 3. The topological polar surface area (TPSA) is 60.7 Å². The number of aryl methyl sites for hydroxylation is 1. The first-order chi connectivity index (χ1) is 12.1. The van der Waals surface area contributed by atoms with Gasteiger partial charge in [-0.15, -0.1) is 0 Å². The molecule has 1 fully saturated rings. The highest BCUT2D eigenvalue weighted by Gasteiger charge is 2.35. The smallest absolute Gasteiger partial charge is 0.200 e. The first kappa shape index (κ1) is 20.9. The van der Waals surface area contributed by atoms with Crippen molar-refractivity contribution in [2.24, 2.45) is 10.8 Å². The van der Waals surface area contributed by atoms with E-state index in [4.69, 9.17) is 0 Å². The second kappa shape index (κ2) is 8.54. The molecule has 0 atom stereocenters. The second-order valence-corrected chi connectivity index (χ2v) is 9.87. The van der Waals surface area contributed by atoms with Crippen molar-refractivity contribution in [3.05, 3.63) is 17.2 Å². The zero-order valence-electron chi connectivity index (χ0n) is 17.2. The molecule has 0 saturated heterocycles. The summed E-state index contributed by atoms with van der Waals surface area (Å²) in [5.41, 5.74) is 2.75. The first-order valence-corrected chi connectivity index (χ1v) is 10.4. The van der Waals surface area contributed by atoms with Crippen molar-refractivity contribution in [3.8, 4) is 17.2 Å². The predicted octanol–water partition coefficient (Wildman–Crippen LogP) is 6.47. The van der Waals surface area contributed by atoms with E-state index in [1.807, 2.05) is 0 Å². The van der Waals surface area contributed by atoms with Crippen LogP contribution in [0.1, 0.15) is 96.6 Å². The van der Waals surface area contributed by atoms with Crippen molar-refractivity contribution >= 4 is 0 Å². The molecule has 1 saturated carbocycles. The summed E-state index contributed by atoms with van der Waals surface area (Å²) in [6, 6.07) is 1.65. The maximum atomic E-state index is 10.3. The van der Waals surface area contributed by atoms with Gasteiger partial charge in [0.05, 0.1) is 0 Å². The monoisotopic (exact) mass is 362 g/mol. The Morgan fingerprint density at radius 2 is 1.54 bits per heavy atom. The molecule has 3 heteroatoms. The summed E-state index contributed by atoms with van der Waals surface area (Å²) < 4.78 is 0. The van der Waals surface area contributed by atoms with Crippen molar-refractivity contribution in [1.82, 2.24) is 0 Å². The minimum atomic E-state index is -0.374. The van der Waals surface area contributed by atoms with Gasteiger partial charge < -0.3 is 15.3 Å². The summed E-state index contributed by atoms with van der Waals surface area (Å²) in [4.78, 5) is 0. The lowest BCUT2D eigenvalue weighted by Crippen LogP contribution is -2.05. The minimum Gasteiger partial charge on any atom is -0.504 e. The van der Waals surface area contributed by atoms with Crippen molar-refractivity contribution in [1.29, 1.82) is 0 Å². The molecule has 3 nitrogen and oxygen atoms in total. The highest BCUT2D eigenvalue weighted by Crippen LogP contribution is 2.49. The standard InChI is InChI=1S/C23H38O3/c1-22(2,3)12-9-7-11-18-17(16-19(24)21(26)20(18)25)10-6-5-8-13-23(4)14-15-23/h16,24-26H,5-15H2,1-4H3. The number of rotatable bonds is 10. The Bertz CT molecular complexity index is 594. The number of benzene rings is 1. The van der Waals surface area contributed by atoms with E-state index in [0.29, 0.717) is 10.8 Å². The van der Waals surface area contributed by atoms with E-state index >= 15 is 0 Å². The van der Waals surface area contributed by atoms with Crippen LogP contribution in [0, 0.1) is 10.8 Å². The van der Waals surface area contributed by atoms with Crippen molar-refractivity contribution in [2.75, 3.05) is 0 Å². The number of hydrogen-bond acceptors (Lipinski definition) is 3. The molecule has 0 spiro atoms. The lowest BCUT2D eigenvalue weighted by Gasteiger charge is -2.18. The fourth-order valence-electron chi connectivity index (χ4n) is 3.70. The molecular formula is C23H38O3. The molecular weight excluding hydrogens is 324 g/mol. The molecule has 0 unspecified atom stereocenters. The minimum absolute atomic E-state index is 0.124. The van der Waals surface area contributed by atoms with Gasteiger partial charge in [-0.1, -0.05) is 47.0 Å². The average molecular weight is 363 g/mol. The zero-order valence-corrected chi connectivity index (χ0v) is 17.2. The van der Waals surface area contributed by atoms with Crippen LogP contribution in [0.25, 0.3) is 0 Å². The molecule has 0 heterocycles. The summed E-state index contributed by atoms with van der Waals surface area (Å²) in [5.74, 6) is -0.705. The highest BCUT2D eigenvalue weighted by atomic mass is 16.3. The van der Waals surface area contributed by atoms with Gasteiger partial charge in [0.1, 0.15) is 0 Å². The van der Waals surface area contributed by atoms with Crippen LogP contribution in [0.4, 0.5) is 0 Å². The largest absolute Gasteiger partial charge is 0.504 e. The van der Waals surface area contributed by atoms with Crippen LogP contribution in [-0.2, 0) is 12.8 Å². The van der Waals surface area contributed by atoms with Gasteiger partial charge >= 0.3 is 0 Å². The molecule has 0 amide bonds. The molecule has 26 heavy (non-hydrogen) atoms. The second-order valence-electron chi connectivity index (χ2n) is 9.87. The maximum Gasteiger partial charge on any atom is 0.200 e. The van der Waals surface area contributed by atoms with Crippen LogP contribution in [0.15, 0.2) is 6.07 Å². The van der Waals surface area contributed by atoms with Gasteiger partial charge in [-0.2, -0.15) is 0 Å². The SMILES string of the molecule is CC(C)(C)CCCCc1c(CCCCCC2(C)CC2)cc(O)c(O)c1O. The fourth-order valence-corrected chi connectivity index (χ4v) is 3.70. The predicted molar refractivity (Wildman–Crippen MR) is 108 cm³/mol. The molecule has 0 aliphatic heterocycles. The van der Waals surface area contributed by atoms with Crippen LogP contribution in [0.3, 0.4) is 0 Å². The van der Waals surface area contributed by atoms with Crippen molar-refractivity contribution < 1.29 is 15.3 Å². The van der Waals surface area contributed by atoms with Gasteiger partial charge in [-0.3, -0.25) is 0 Å². The van der Waals surface area contributed by atoms with E-state index in [-0.39, 0.29) is 17.2 Å². The van der Waals surface area contributed by atoms with Crippen LogP contribution in [0.2, 0.25) is 0 Å². The lowest BCUT2D eigenvalue weighted by molar-refractivity contribution is 0.355. The number of phenols is 3. The van der Waals surface area contributed by atoms with E-state index in [2.05, 4.69) is 27.7 Å².